The molecular formula is C21H26N2O6S. The highest BCUT2D eigenvalue weighted by atomic mass is 32.2. The second kappa shape index (κ2) is 9.92. The van der Waals surface area contributed by atoms with Gasteiger partial charge in [-0.15, -0.1) is 0 Å². The van der Waals surface area contributed by atoms with Crippen molar-refractivity contribution in [1.29, 1.82) is 0 Å². The molecule has 0 aliphatic carbocycles. The van der Waals surface area contributed by atoms with Crippen LogP contribution in [0, 0.1) is 0 Å². The van der Waals surface area contributed by atoms with Gasteiger partial charge < -0.3 is 19.5 Å². The van der Waals surface area contributed by atoms with Gasteiger partial charge >= 0.3 is 0 Å². The quantitative estimate of drug-likeness (QED) is 0.685. The average molecular weight is 435 g/mol. The van der Waals surface area contributed by atoms with E-state index in [4.69, 9.17) is 14.2 Å². The average Bonchev–Trinajstić information content (AvgIpc) is 2.76. The van der Waals surface area contributed by atoms with Gasteiger partial charge in [-0.2, -0.15) is 4.31 Å². The predicted octanol–water partition coefficient (Wildman–Crippen LogP) is 2.30. The van der Waals surface area contributed by atoms with E-state index in [1.165, 1.54) is 17.5 Å². The maximum atomic E-state index is 13.1. The number of ether oxygens (including phenoxy) is 3. The van der Waals surface area contributed by atoms with Gasteiger partial charge in [-0.3, -0.25) is 4.79 Å². The van der Waals surface area contributed by atoms with Crippen molar-refractivity contribution in [3.8, 4) is 11.5 Å². The van der Waals surface area contributed by atoms with Gasteiger partial charge in [0.05, 0.1) is 39.0 Å². The van der Waals surface area contributed by atoms with Gasteiger partial charge in [0, 0.05) is 13.1 Å². The summed E-state index contributed by atoms with van der Waals surface area (Å²) in [5.41, 5.74) is 1.13. The summed E-state index contributed by atoms with van der Waals surface area (Å²) in [7, 11) is -2.34. The Kier molecular flexibility index (Phi) is 7.30. The molecule has 0 aromatic heterocycles. The Morgan fingerprint density at radius 1 is 1.13 bits per heavy atom. The number of methoxy groups -OCH3 is 1. The van der Waals surface area contributed by atoms with Crippen LogP contribution < -0.4 is 14.8 Å². The van der Waals surface area contributed by atoms with Gasteiger partial charge in [0.1, 0.15) is 16.4 Å². The molecule has 0 spiro atoms. The van der Waals surface area contributed by atoms with Crippen LogP contribution in [-0.4, -0.2) is 58.7 Å². The Labute approximate surface area is 176 Å². The fraction of sp³-hybridized carbons (Fsp3) is 0.381. The molecule has 1 heterocycles. The van der Waals surface area contributed by atoms with E-state index in [-0.39, 0.29) is 36.1 Å². The highest BCUT2D eigenvalue weighted by molar-refractivity contribution is 7.89. The molecule has 1 N–H and O–H groups in total. The first kappa shape index (κ1) is 22.1. The monoisotopic (exact) mass is 434 g/mol. The van der Waals surface area contributed by atoms with Crippen LogP contribution in [0.25, 0.3) is 0 Å². The first-order valence-electron chi connectivity index (χ1n) is 9.72. The Bertz CT molecular complexity index is 987. The summed E-state index contributed by atoms with van der Waals surface area (Å²) >= 11 is 0. The normalized spacial score (nSPS) is 14.9. The summed E-state index contributed by atoms with van der Waals surface area (Å²) in [6.07, 6.45) is 0.0100. The van der Waals surface area contributed by atoms with Crippen LogP contribution in [0.5, 0.6) is 11.5 Å². The summed E-state index contributed by atoms with van der Waals surface area (Å²) in [5, 5.41) is 2.82. The Morgan fingerprint density at radius 3 is 2.57 bits per heavy atom. The lowest BCUT2D eigenvalue weighted by Gasteiger charge is -2.26. The maximum absolute atomic E-state index is 13.1. The summed E-state index contributed by atoms with van der Waals surface area (Å²) < 4.78 is 43.6. The van der Waals surface area contributed by atoms with Crippen molar-refractivity contribution in [2.24, 2.45) is 0 Å². The summed E-state index contributed by atoms with van der Waals surface area (Å²) in [6, 6.07) is 11.9. The summed E-state index contributed by atoms with van der Waals surface area (Å²) in [4.78, 5) is 12.6. The summed E-state index contributed by atoms with van der Waals surface area (Å²) in [6.45, 7) is 3.61. The van der Waals surface area contributed by atoms with Gasteiger partial charge in [0.15, 0.2) is 0 Å². The Hall–Kier alpha value is -2.62. The van der Waals surface area contributed by atoms with Crippen molar-refractivity contribution in [2.75, 3.05) is 45.3 Å². The lowest BCUT2D eigenvalue weighted by molar-refractivity contribution is -0.115. The van der Waals surface area contributed by atoms with E-state index >= 15 is 0 Å². The van der Waals surface area contributed by atoms with E-state index in [9.17, 15) is 13.2 Å². The third-order valence-electron chi connectivity index (χ3n) is 4.64. The number of amides is 1. The zero-order valence-corrected chi connectivity index (χ0v) is 17.9. The molecule has 1 aliphatic heterocycles. The second-order valence-corrected chi connectivity index (χ2v) is 8.56. The van der Waals surface area contributed by atoms with E-state index in [1.54, 1.807) is 30.3 Å². The molecule has 9 heteroatoms. The zero-order chi connectivity index (χ0) is 21.6. The number of hydrogen-bond donors (Lipinski definition) is 1. The van der Waals surface area contributed by atoms with Crippen molar-refractivity contribution in [1.82, 2.24) is 4.31 Å². The molecule has 3 rings (SSSR count). The molecule has 1 fully saturated rings. The minimum atomic E-state index is -3.76. The highest BCUT2D eigenvalue weighted by Crippen LogP contribution is 2.29. The van der Waals surface area contributed by atoms with Gasteiger partial charge in [-0.25, -0.2) is 8.42 Å². The van der Waals surface area contributed by atoms with E-state index in [0.29, 0.717) is 36.8 Å². The van der Waals surface area contributed by atoms with Crippen LogP contribution in [0.15, 0.2) is 47.4 Å². The third-order valence-corrected chi connectivity index (χ3v) is 6.56. The topological polar surface area (TPSA) is 94.2 Å². The molecule has 0 unspecified atom stereocenters. The number of carbonyl (C=O) groups excluding carboxylic acids is 1. The Balaban J connectivity index is 1.80. The van der Waals surface area contributed by atoms with E-state index < -0.39 is 10.0 Å². The lowest BCUT2D eigenvalue weighted by Crippen LogP contribution is -2.40. The minimum Gasteiger partial charge on any atom is -0.495 e. The van der Waals surface area contributed by atoms with Crippen molar-refractivity contribution in [3.05, 3.63) is 48.0 Å². The molecular weight excluding hydrogens is 408 g/mol. The number of sulfonamides is 1. The SMILES string of the molecule is CCOc1ccccc1NC(=O)Cc1ccc(OC)c(S(=O)(=O)N2CCOCC2)c1. The molecule has 0 saturated carbocycles. The molecule has 2 aromatic rings. The minimum absolute atomic E-state index is 0.0100. The fourth-order valence-electron chi connectivity index (χ4n) is 3.19. The predicted molar refractivity (Wildman–Crippen MR) is 113 cm³/mol. The number of morpholine rings is 1. The van der Waals surface area contributed by atoms with Crippen LogP contribution in [0.4, 0.5) is 5.69 Å². The van der Waals surface area contributed by atoms with Crippen molar-refractivity contribution in [3.63, 3.8) is 0 Å². The Morgan fingerprint density at radius 2 is 1.87 bits per heavy atom. The fourth-order valence-corrected chi connectivity index (χ4v) is 4.80. The van der Waals surface area contributed by atoms with Gasteiger partial charge in [0.2, 0.25) is 15.9 Å². The molecule has 8 nitrogen and oxygen atoms in total. The molecule has 0 atom stereocenters. The number of para-hydroxylation sites is 2. The zero-order valence-electron chi connectivity index (χ0n) is 17.1. The number of anilines is 1. The smallest absolute Gasteiger partial charge is 0.246 e. The first-order valence-corrected chi connectivity index (χ1v) is 11.2. The van der Waals surface area contributed by atoms with Gasteiger partial charge in [0.25, 0.3) is 0 Å². The van der Waals surface area contributed by atoms with Gasteiger partial charge in [-0.05, 0) is 36.8 Å². The number of nitrogens with zero attached hydrogens (tertiary/aromatic N) is 1. The molecule has 0 bridgehead atoms. The van der Waals surface area contributed by atoms with Gasteiger partial charge in [-0.1, -0.05) is 18.2 Å². The third kappa shape index (κ3) is 5.10. The summed E-state index contributed by atoms with van der Waals surface area (Å²) in [5.74, 6) is 0.549. The van der Waals surface area contributed by atoms with E-state index in [0.717, 1.165) is 0 Å². The number of rotatable bonds is 8. The maximum Gasteiger partial charge on any atom is 0.246 e. The van der Waals surface area contributed by atoms with Crippen molar-refractivity contribution in [2.45, 2.75) is 18.2 Å². The highest BCUT2D eigenvalue weighted by Gasteiger charge is 2.29. The molecule has 30 heavy (non-hydrogen) atoms. The van der Waals surface area contributed by atoms with Crippen molar-refractivity contribution < 1.29 is 27.4 Å². The number of benzene rings is 2. The molecule has 0 radical (unpaired) electrons. The first-order chi connectivity index (χ1) is 14.5. The molecule has 1 aliphatic rings. The molecule has 2 aromatic carbocycles. The van der Waals surface area contributed by atoms with Crippen LogP contribution in [0.1, 0.15) is 12.5 Å². The van der Waals surface area contributed by atoms with Crippen LogP contribution >= 0.6 is 0 Å². The van der Waals surface area contributed by atoms with E-state index in [1.807, 2.05) is 13.0 Å². The molecule has 1 amide bonds. The number of nitrogens with one attached hydrogen (secondary N) is 1. The standard InChI is InChI=1S/C21H26N2O6S/c1-3-29-18-7-5-4-6-17(18)22-21(24)15-16-8-9-19(27-2)20(14-16)30(25,26)23-10-12-28-13-11-23/h4-9,14H,3,10-13,15H2,1-2H3,(H,22,24). The van der Waals surface area contributed by atoms with Crippen LogP contribution in [-0.2, 0) is 26.0 Å². The second-order valence-electron chi connectivity index (χ2n) is 6.66. The largest absolute Gasteiger partial charge is 0.495 e. The molecule has 1 saturated heterocycles. The molecule has 162 valence electrons. The number of carbonyl (C=O) groups is 1. The van der Waals surface area contributed by atoms with Crippen molar-refractivity contribution >= 4 is 21.6 Å². The van der Waals surface area contributed by atoms with Crippen LogP contribution in [0.2, 0.25) is 0 Å². The van der Waals surface area contributed by atoms with Crippen LogP contribution in [0.3, 0.4) is 0 Å². The number of hydrogen-bond acceptors (Lipinski definition) is 6. The lowest BCUT2D eigenvalue weighted by atomic mass is 10.1. The van der Waals surface area contributed by atoms with E-state index in [2.05, 4.69) is 5.32 Å².